The number of aromatic nitrogens is 4. The number of nitrogens with one attached hydrogen (secondary N) is 1. The largest absolute Gasteiger partial charge is 0.352 e. The van der Waals surface area contributed by atoms with Crippen molar-refractivity contribution < 1.29 is 4.79 Å². The van der Waals surface area contributed by atoms with E-state index in [1.165, 1.54) is 0 Å². The summed E-state index contributed by atoms with van der Waals surface area (Å²) in [6.45, 7) is 5.20. The number of amides is 1. The van der Waals surface area contributed by atoms with Gasteiger partial charge in [0.1, 0.15) is 0 Å². The maximum absolute atomic E-state index is 12.6. The summed E-state index contributed by atoms with van der Waals surface area (Å²) in [6, 6.07) is 21.7. The molecule has 2 aromatic heterocycles. The number of hydrogen-bond donors (Lipinski definition) is 1. The van der Waals surface area contributed by atoms with Crippen LogP contribution in [0.5, 0.6) is 0 Å². The number of rotatable bonds is 7. The Kier molecular flexibility index (Phi) is 5.75. The van der Waals surface area contributed by atoms with Gasteiger partial charge in [-0.1, -0.05) is 30.3 Å². The summed E-state index contributed by atoms with van der Waals surface area (Å²) in [5, 5.41) is 12.1. The average molecular weight is 399 g/mol. The molecule has 4 rings (SSSR count). The Morgan fingerprint density at radius 2 is 1.80 bits per heavy atom. The predicted molar refractivity (Wildman–Crippen MR) is 117 cm³/mol. The Bertz CT molecular complexity index is 1140. The second-order valence-electron chi connectivity index (χ2n) is 7.38. The standard InChI is InChI=1S/C24H25N5O/c1-18-15-19(2)29(26-18)17-20-7-6-8-21(16-20)24(30)25-13-11-22-12-14-28(27-22)23-9-4-3-5-10-23/h3-10,12,14-16H,11,13,17H2,1-2H3,(H,25,30). The van der Waals surface area contributed by atoms with E-state index >= 15 is 0 Å². The Balaban J connectivity index is 1.33. The summed E-state index contributed by atoms with van der Waals surface area (Å²) < 4.78 is 3.80. The first kappa shape index (κ1) is 19.6. The zero-order valence-electron chi connectivity index (χ0n) is 17.2. The van der Waals surface area contributed by atoms with Crippen LogP contribution < -0.4 is 5.32 Å². The number of nitrogens with zero attached hydrogens (tertiary/aromatic N) is 4. The summed E-state index contributed by atoms with van der Waals surface area (Å²) in [6.07, 6.45) is 2.62. The van der Waals surface area contributed by atoms with Gasteiger partial charge in [-0.3, -0.25) is 9.48 Å². The van der Waals surface area contributed by atoms with Gasteiger partial charge in [-0.05, 0) is 55.8 Å². The van der Waals surface area contributed by atoms with Crippen molar-refractivity contribution >= 4 is 5.91 Å². The van der Waals surface area contributed by atoms with Crippen LogP contribution >= 0.6 is 0 Å². The van der Waals surface area contributed by atoms with Crippen LogP contribution in [0.4, 0.5) is 0 Å². The van der Waals surface area contributed by atoms with Gasteiger partial charge >= 0.3 is 0 Å². The van der Waals surface area contributed by atoms with Crippen LogP contribution in [0.25, 0.3) is 5.69 Å². The molecule has 30 heavy (non-hydrogen) atoms. The highest BCUT2D eigenvalue weighted by atomic mass is 16.1. The van der Waals surface area contributed by atoms with Crippen molar-refractivity contribution in [2.24, 2.45) is 0 Å². The van der Waals surface area contributed by atoms with E-state index in [1.54, 1.807) is 0 Å². The van der Waals surface area contributed by atoms with Crippen molar-refractivity contribution in [2.75, 3.05) is 6.54 Å². The number of carbonyl (C=O) groups excluding carboxylic acids is 1. The van der Waals surface area contributed by atoms with E-state index in [9.17, 15) is 4.79 Å². The maximum Gasteiger partial charge on any atom is 0.251 e. The molecule has 0 saturated heterocycles. The summed E-state index contributed by atoms with van der Waals surface area (Å²) >= 11 is 0. The Morgan fingerprint density at radius 1 is 0.967 bits per heavy atom. The van der Waals surface area contributed by atoms with Crippen molar-refractivity contribution in [1.29, 1.82) is 0 Å². The topological polar surface area (TPSA) is 64.7 Å². The number of hydrogen-bond acceptors (Lipinski definition) is 3. The molecular formula is C24H25N5O. The van der Waals surface area contributed by atoms with Crippen molar-refractivity contribution in [1.82, 2.24) is 24.9 Å². The third-order valence-corrected chi connectivity index (χ3v) is 4.96. The second-order valence-corrected chi connectivity index (χ2v) is 7.38. The molecule has 0 atom stereocenters. The molecule has 0 spiro atoms. The van der Waals surface area contributed by atoms with E-state index in [-0.39, 0.29) is 5.91 Å². The molecule has 152 valence electrons. The third kappa shape index (κ3) is 4.66. The number of benzene rings is 2. The molecule has 0 aliphatic rings. The van der Waals surface area contributed by atoms with Gasteiger partial charge in [0.15, 0.2) is 0 Å². The van der Waals surface area contributed by atoms with E-state index in [1.807, 2.05) is 90.1 Å². The monoisotopic (exact) mass is 399 g/mol. The Morgan fingerprint density at radius 3 is 2.57 bits per heavy atom. The molecule has 6 heteroatoms. The van der Waals surface area contributed by atoms with Gasteiger partial charge in [0, 0.05) is 30.4 Å². The summed E-state index contributed by atoms with van der Waals surface area (Å²) in [5.74, 6) is -0.0762. The maximum atomic E-state index is 12.6. The fourth-order valence-electron chi connectivity index (χ4n) is 3.44. The molecule has 6 nitrogen and oxygen atoms in total. The zero-order valence-corrected chi connectivity index (χ0v) is 17.2. The smallest absolute Gasteiger partial charge is 0.251 e. The fourth-order valence-corrected chi connectivity index (χ4v) is 3.44. The Hall–Kier alpha value is -3.67. The predicted octanol–water partition coefficient (Wildman–Crippen LogP) is 3.71. The summed E-state index contributed by atoms with van der Waals surface area (Å²) in [7, 11) is 0. The van der Waals surface area contributed by atoms with Crippen LogP contribution in [-0.4, -0.2) is 32.0 Å². The van der Waals surface area contributed by atoms with Gasteiger partial charge in [0.2, 0.25) is 0 Å². The third-order valence-electron chi connectivity index (χ3n) is 4.96. The molecule has 0 radical (unpaired) electrons. The van der Waals surface area contributed by atoms with E-state index in [0.717, 1.165) is 28.3 Å². The van der Waals surface area contributed by atoms with Crippen molar-refractivity contribution in [3.63, 3.8) is 0 Å². The quantitative estimate of drug-likeness (QED) is 0.515. The molecule has 2 aromatic carbocycles. The summed E-state index contributed by atoms with van der Waals surface area (Å²) in [5.41, 5.74) is 5.78. The zero-order chi connectivity index (χ0) is 20.9. The summed E-state index contributed by atoms with van der Waals surface area (Å²) in [4.78, 5) is 12.6. The first-order chi connectivity index (χ1) is 14.6. The minimum absolute atomic E-state index is 0.0762. The van der Waals surface area contributed by atoms with Gasteiger partial charge < -0.3 is 5.32 Å². The first-order valence-electron chi connectivity index (χ1n) is 10.1. The number of aryl methyl sites for hydroxylation is 2. The van der Waals surface area contributed by atoms with Gasteiger partial charge in [-0.15, -0.1) is 0 Å². The molecule has 0 fully saturated rings. The van der Waals surface area contributed by atoms with Crippen LogP contribution in [0.15, 0.2) is 72.9 Å². The first-order valence-corrected chi connectivity index (χ1v) is 10.1. The molecule has 0 saturated carbocycles. The fraction of sp³-hybridized carbons (Fsp3) is 0.208. The van der Waals surface area contributed by atoms with Crippen LogP contribution in [0.3, 0.4) is 0 Å². The molecule has 0 unspecified atom stereocenters. The van der Waals surface area contributed by atoms with Crippen molar-refractivity contribution in [3.05, 3.63) is 101 Å². The molecule has 1 amide bonds. The van der Waals surface area contributed by atoms with E-state index in [2.05, 4.69) is 21.6 Å². The minimum atomic E-state index is -0.0762. The molecule has 1 N–H and O–H groups in total. The molecule has 4 aromatic rings. The van der Waals surface area contributed by atoms with Crippen LogP contribution in [0.1, 0.15) is 33.0 Å². The lowest BCUT2D eigenvalue weighted by Crippen LogP contribution is -2.26. The second kappa shape index (κ2) is 8.78. The van der Waals surface area contributed by atoms with Gasteiger partial charge in [-0.2, -0.15) is 10.2 Å². The average Bonchev–Trinajstić information content (AvgIpc) is 3.35. The Labute approximate surface area is 176 Å². The van der Waals surface area contributed by atoms with Crippen molar-refractivity contribution in [2.45, 2.75) is 26.8 Å². The minimum Gasteiger partial charge on any atom is -0.352 e. The number of para-hydroxylation sites is 1. The number of carbonyl (C=O) groups is 1. The lowest BCUT2D eigenvalue weighted by atomic mass is 10.1. The highest BCUT2D eigenvalue weighted by Gasteiger charge is 2.08. The lowest BCUT2D eigenvalue weighted by Gasteiger charge is -2.08. The lowest BCUT2D eigenvalue weighted by molar-refractivity contribution is 0.0954. The molecule has 0 aliphatic heterocycles. The van der Waals surface area contributed by atoms with Crippen LogP contribution in [0.2, 0.25) is 0 Å². The van der Waals surface area contributed by atoms with Gasteiger partial charge in [-0.25, -0.2) is 4.68 Å². The van der Waals surface area contributed by atoms with E-state index in [4.69, 9.17) is 0 Å². The van der Waals surface area contributed by atoms with Crippen molar-refractivity contribution in [3.8, 4) is 5.69 Å². The normalized spacial score (nSPS) is 10.9. The van der Waals surface area contributed by atoms with E-state index in [0.29, 0.717) is 25.1 Å². The molecule has 0 bridgehead atoms. The molecular weight excluding hydrogens is 374 g/mol. The van der Waals surface area contributed by atoms with Crippen LogP contribution in [-0.2, 0) is 13.0 Å². The highest BCUT2D eigenvalue weighted by Crippen LogP contribution is 2.11. The van der Waals surface area contributed by atoms with E-state index < -0.39 is 0 Å². The van der Waals surface area contributed by atoms with Gasteiger partial charge in [0.25, 0.3) is 5.91 Å². The SMILES string of the molecule is Cc1cc(C)n(Cc2cccc(C(=O)NCCc3ccn(-c4ccccc4)n3)c2)n1. The van der Waals surface area contributed by atoms with Crippen LogP contribution in [0, 0.1) is 13.8 Å². The molecule has 2 heterocycles. The van der Waals surface area contributed by atoms with Gasteiger partial charge in [0.05, 0.1) is 23.6 Å². The highest BCUT2D eigenvalue weighted by molar-refractivity contribution is 5.94. The molecule has 0 aliphatic carbocycles.